The zero-order valence-electron chi connectivity index (χ0n) is 27.1. The Kier molecular flexibility index (Phi) is 13.2. The molecule has 8 heteroatoms. The van der Waals surface area contributed by atoms with Crippen molar-refractivity contribution in [1.29, 1.82) is 0 Å². The van der Waals surface area contributed by atoms with E-state index in [4.69, 9.17) is 4.52 Å². The van der Waals surface area contributed by atoms with E-state index in [9.17, 15) is 4.79 Å². The van der Waals surface area contributed by atoms with Crippen LogP contribution in [0.4, 0.5) is 0 Å². The molecule has 1 N–H and O–H groups in total. The minimum absolute atomic E-state index is 0.104. The normalized spacial score (nSPS) is 18.7. The van der Waals surface area contributed by atoms with Crippen LogP contribution < -0.4 is 0 Å². The van der Waals surface area contributed by atoms with Crippen molar-refractivity contribution < 1.29 is 9.32 Å². The van der Waals surface area contributed by atoms with Gasteiger partial charge < -0.3 is 9.51 Å². The third-order valence-corrected chi connectivity index (χ3v) is 7.83. The lowest BCUT2D eigenvalue weighted by Gasteiger charge is -2.05. The first kappa shape index (κ1) is 34.5. The van der Waals surface area contributed by atoms with Gasteiger partial charge in [-0.3, -0.25) is 9.69 Å². The molecular formula is C32H50N6O2. The van der Waals surface area contributed by atoms with E-state index in [1.165, 1.54) is 27.4 Å². The molecule has 3 aromatic rings. The van der Waals surface area contributed by atoms with Crippen molar-refractivity contribution in [3.05, 3.63) is 75.3 Å². The van der Waals surface area contributed by atoms with E-state index >= 15 is 0 Å². The molecule has 0 saturated heterocycles. The first-order valence-electron chi connectivity index (χ1n) is 13.8. The second-order valence-corrected chi connectivity index (χ2v) is 11.0. The fraction of sp³-hybridized carbons (Fsp3) is 0.531. The number of rotatable bonds is 0. The van der Waals surface area contributed by atoms with Crippen molar-refractivity contribution in [2.24, 2.45) is 22.7 Å². The minimum Gasteiger partial charge on any atom is -0.363 e. The van der Waals surface area contributed by atoms with Crippen LogP contribution in [0.1, 0.15) is 78.6 Å². The van der Waals surface area contributed by atoms with Gasteiger partial charge in [0, 0.05) is 24.0 Å². The van der Waals surface area contributed by atoms with Crippen LogP contribution in [0.3, 0.4) is 0 Å². The number of amides is 1. The predicted octanol–water partition coefficient (Wildman–Crippen LogP) is 7.24. The summed E-state index contributed by atoms with van der Waals surface area (Å²) in [5, 5.41) is 11.6. The van der Waals surface area contributed by atoms with E-state index in [0.717, 1.165) is 46.2 Å². The average Bonchev–Trinajstić information content (AvgIpc) is 3.11. The van der Waals surface area contributed by atoms with Gasteiger partial charge in [-0.2, -0.15) is 10.2 Å². The monoisotopic (exact) mass is 550 g/mol. The molecule has 1 fully saturated rings. The Morgan fingerprint density at radius 1 is 0.825 bits per heavy atom. The first-order chi connectivity index (χ1) is 18.5. The molecule has 1 saturated carbocycles. The van der Waals surface area contributed by atoms with Gasteiger partial charge >= 0.3 is 0 Å². The summed E-state index contributed by atoms with van der Waals surface area (Å²) < 4.78 is 4.84. The predicted molar refractivity (Wildman–Crippen MR) is 164 cm³/mol. The van der Waals surface area contributed by atoms with Gasteiger partial charge in [0.2, 0.25) is 0 Å². The Labute approximate surface area is 241 Å². The summed E-state index contributed by atoms with van der Waals surface area (Å²) in [6, 6.07) is 4.18. The quantitative estimate of drug-likeness (QED) is 0.297. The highest BCUT2D eigenvalue weighted by Crippen LogP contribution is 2.44. The van der Waals surface area contributed by atoms with E-state index in [0.29, 0.717) is 11.5 Å². The van der Waals surface area contributed by atoms with Crippen LogP contribution in [0.2, 0.25) is 0 Å². The number of aromatic amines is 1. The highest BCUT2D eigenvalue weighted by atomic mass is 16.5. The molecule has 1 amide bonds. The Morgan fingerprint density at radius 2 is 1.38 bits per heavy atom. The number of H-pyrrole nitrogens is 1. The molecule has 8 nitrogen and oxygen atoms in total. The number of nitrogens with zero attached hydrogens (tertiary/aromatic N) is 5. The number of nitrogens with one attached hydrogen (secondary N) is 1. The number of aliphatic imine (C=N–C) groups is 1. The molecule has 0 unspecified atom stereocenters. The van der Waals surface area contributed by atoms with Crippen LogP contribution in [0.25, 0.3) is 0 Å². The van der Waals surface area contributed by atoms with Crippen LogP contribution in [0.15, 0.2) is 33.9 Å². The summed E-state index contributed by atoms with van der Waals surface area (Å²) in [5.74, 6) is 4.58. The van der Waals surface area contributed by atoms with Crippen LogP contribution in [0.5, 0.6) is 0 Å². The Balaban J connectivity index is 0.000000251. The number of aryl methyl sites for hydroxylation is 8. The SMILES string of the molecule is C=C1N=C(C)N(C)C1=O.CC1C(C)C1C.Cc1cc(C)c(C)[nH]1.Cc1cc(C)c(C)nn1.Cc1noc(C)c1C. The van der Waals surface area contributed by atoms with Crippen molar-refractivity contribution in [2.45, 2.75) is 90.0 Å². The number of amidine groups is 1. The molecular weight excluding hydrogens is 500 g/mol. The summed E-state index contributed by atoms with van der Waals surface area (Å²) in [7, 11) is 1.68. The molecule has 0 spiro atoms. The van der Waals surface area contributed by atoms with Gasteiger partial charge in [0.1, 0.15) is 17.3 Å². The molecule has 5 rings (SSSR count). The van der Waals surface area contributed by atoms with Gasteiger partial charge in [-0.1, -0.05) is 32.5 Å². The molecule has 1 aliphatic heterocycles. The van der Waals surface area contributed by atoms with E-state index in [-0.39, 0.29) is 5.91 Å². The number of hydrogen-bond acceptors (Lipinski definition) is 6. The van der Waals surface area contributed by atoms with E-state index < -0.39 is 0 Å². The Bertz CT molecular complexity index is 1260. The van der Waals surface area contributed by atoms with Crippen LogP contribution >= 0.6 is 0 Å². The molecule has 0 radical (unpaired) electrons. The lowest BCUT2D eigenvalue weighted by atomic mass is 10.2. The number of carbonyl (C=O) groups is 1. The molecule has 40 heavy (non-hydrogen) atoms. The highest BCUT2D eigenvalue weighted by molar-refractivity contribution is 6.10. The maximum Gasteiger partial charge on any atom is 0.276 e. The van der Waals surface area contributed by atoms with Crippen LogP contribution in [-0.4, -0.2) is 44.0 Å². The van der Waals surface area contributed by atoms with Crippen molar-refractivity contribution >= 4 is 11.7 Å². The van der Waals surface area contributed by atoms with E-state index in [2.05, 4.69) is 79.5 Å². The van der Waals surface area contributed by atoms with Crippen molar-refractivity contribution in [3.63, 3.8) is 0 Å². The third kappa shape index (κ3) is 10.5. The first-order valence-corrected chi connectivity index (χ1v) is 13.8. The molecule has 1 aliphatic carbocycles. The summed E-state index contributed by atoms with van der Waals surface area (Å²) in [4.78, 5) is 19.4. The summed E-state index contributed by atoms with van der Waals surface area (Å²) in [6.45, 7) is 30.2. The topological polar surface area (TPSA) is 100 Å². The van der Waals surface area contributed by atoms with Gasteiger partial charge in [-0.25, -0.2) is 4.99 Å². The van der Waals surface area contributed by atoms with E-state index in [1.807, 2.05) is 47.6 Å². The molecule has 0 bridgehead atoms. The zero-order chi connectivity index (χ0) is 30.9. The maximum absolute atomic E-state index is 10.8. The number of hydrogen-bond donors (Lipinski definition) is 1. The average molecular weight is 551 g/mol. The van der Waals surface area contributed by atoms with Crippen molar-refractivity contribution in [2.75, 3.05) is 7.05 Å². The number of carbonyl (C=O) groups excluding carboxylic acids is 1. The second kappa shape index (κ2) is 15.3. The second-order valence-electron chi connectivity index (χ2n) is 11.0. The largest absolute Gasteiger partial charge is 0.363 e. The molecule has 0 aromatic carbocycles. The van der Waals surface area contributed by atoms with Crippen LogP contribution in [-0.2, 0) is 4.79 Å². The molecule has 3 aromatic heterocycles. The smallest absolute Gasteiger partial charge is 0.276 e. The molecule has 220 valence electrons. The number of likely N-dealkylation sites (N-methyl/N-ethyl adjacent to an activating group) is 1. The van der Waals surface area contributed by atoms with Crippen molar-refractivity contribution in [1.82, 2.24) is 25.2 Å². The Morgan fingerprint density at radius 3 is 1.55 bits per heavy atom. The standard InChI is InChI=1S/C7H10N2.C7H11N.C6H8N2O.C6H9NO.C6H12/c1-5-4-6(2)8-9-7(5)3;1-5-4-6(2)8-7(5)3;1-4-6(9)8(3)5(2)7-4;1-4-5(2)7-8-6(4)3;1-4-5(2)6(4)3/h4H,1-3H3;4,8H,1-3H3;1H2,2-3H3;1-3H3;4-6H,1-3H3. The summed E-state index contributed by atoms with van der Waals surface area (Å²) in [5.41, 5.74) is 9.56. The molecule has 0 atom stereocenters. The lowest BCUT2D eigenvalue weighted by molar-refractivity contribution is -0.121. The fourth-order valence-electron chi connectivity index (χ4n) is 3.64. The summed E-state index contributed by atoms with van der Waals surface area (Å²) in [6.07, 6.45) is 0. The van der Waals surface area contributed by atoms with Gasteiger partial charge in [-0.15, -0.1) is 0 Å². The number of aromatic nitrogens is 4. The zero-order valence-corrected chi connectivity index (χ0v) is 27.1. The van der Waals surface area contributed by atoms with E-state index in [1.54, 1.807) is 14.0 Å². The van der Waals surface area contributed by atoms with Crippen molar-refractivity contribution in [3.8, 4) is 0 Å². The minimum atomic E-state index is -0.104. The van der Waals surface area contributed by atoms with Gasteiger partial charge in [-0.05, 0) is 110 Å². The molecule has 2 aliphatic rings. The van der Waals surface area contributed by atoms with Crippen LogP contribution in [0, 0.1) is 80.1 Å². The highest BCUT2D eigenvalue weighted by Gasteiger charge is 2.37. The third-order valence-electron chi connectivity index (χ3n) is 7.83. The van der Waals surface area contributed by atoms with Gasteiger partial charge in [0.05, 0.1) is 17.1 Å². The van der Waals surface area contributed by atoms with Gasteiger partial charge in [0.25, 0.3) is 5.91 Å². The Hall–Kier alpha value is -3.55. The maximum atomic E-state index is 10.8. The molecule has 4 heterocycles. The fourth-order valence-corrected chi connectivity index (χ4v) is 3.64. The summed E-state index contributed by atoms with van der Waals surface area (Å²) >= 11 is 0. The van der Waals surface area contributed by atoms with Gasteiger partial charge in [0.15, 0.2) is 0 Å². The lowest BCUT2D eigenvalue weighted by Crippen LogP contribution is -2.24.